The fourth-order valence-corrected chi connectivity index (χ4v) is 11.4. The van der Waals surface area contributed by atoms with E-state index in [9.17, 15) is 14.2 Å². The minimum Gasteiger partial charge on any atom is -0.449 e. The van der Waals surface area contributed by atoms with Crippen molar-refractivity contribution in [1.29, 1.82) is 0 Å². The normalized spacial score (nSPS) is 13.2. The number of thioether (sulfide) groups is 1. The van der Waals surface area contributed by atoms with E-state index in [0.717, 1.165) is 41.5 Å². The number of benzene rings is 2. The Morgan fingerprint density at radius 3 is 1.60 bits per heavy atom. The van der Waals surface area contributed by atoms with Crippen LogP contribution >= 0.6 is 19.4 Å². The van der Waals surface area contributed by atoms with Crippen molar-refractivity contribution < 1.29 is 51.6 Å². The molecular formula is C57H97N2O11PS. The Labute approximate surface area is 440 Å². The molecule has 0 saturated carbocycles. The highest BCUT2D eigenvalue weighted by atomic mass is 32.2. The highest BCUT2D eigenvalue weighted by Gasteiger charge is 2.30. The van der Waals surface area contributed by atoms with Gasteiger partial charge in [-0.1, -0.05) is 178 Å². The van der Waals surface area contributed by atoms with Gasteiger partial charge in [-0.15, -0.1) is 0 Å². The molecule has 0 saturated heterocycles. The molecule has 0 bridgehead atoms. The second kappa shape index (κ2) is 42.7. The summed E-state index contributed by atoms with van der Waals surface area (Å²) < 4.78 is 58.6. The summed E-state index contributed by atoms with van der Waals surface area (Å²) in [6.45, 7) is 12.9. The molecule has 3 rings (SSSR count). The van der Waals surface area contributed by atoms with Gasteiger partial charge in [0.2, 0.25) is 5.91 Å². The van der Waals surface area contributed by atoms with Crippen molar-refractivity contribution in [2.45, 2.75) is 174 Å². The number of alkyl carbamates (subject to hydrolysis) is 1. The minimum absolute atomic E-state index is 0.0983. The Hall–Kier alpha value is -2.52. The zero-order valence-corrected chi connectivity index (χ0v) is 46.9. The molecular weight excluding hydrogens is 952 g/mol. The van der Waals surface area contributed by atoms with E-state index in [2.05, 4.69) is 48.7 Å². The molecule has 2 N–H and O–H groups in total. The molecule has 0 fully saturated rings. The van der Waals surface area contributed by atoms with Crippen LogP contribution in [0.4, 0.5) is 4.79 Å². The summed E-state index contributed by atoms with van der Waals surface area (Å²) in [5.41, 5.74) is 4.55. The van der Waals surface area contributed by atoms with Crippen LogP contribution in [0.15, 0.2) is 48.5 Å². The standard InChI is InChI=1S/C57H97N2O11PS/c1-5-9-11-13-15-17-19-21-23-29-36-66-45-49(67-37-30-24-22-20-18-16-14-12-10-6-2)47-72-48-55(59-57(61)68-46-54-52-33-27-25-31-50(52)51-32-26-28-34-53(51)54)56(60)58-35-38-63-39-40-64-41-42-65-43-44-71(62,69-7-3)70-8-4/h25-28,31-34,49,54-55H,5-24,29-30,35-48H2,1-4H3,(H,58,60)(H,59,61)/t49?,55-/m0/s1. The van der Waals surface area contributed by atoms with E-state index in [1.54, 1.807) is 25.6 Å². The van der Waals surface area contributed by atoms with Crippen molar-refractivity contribution in [2.75, 3.05) is 103 Å². The molecule has 2 aromatic carbocycles. The Balaban J connectivity index is 1.49. The molecule has 13 nitrogen and oxygen atoms in total. The second-order valence-electron chi connectivity index (χ2n) is 18.8. The number of fused-ring (bicyclic) bond motifs is 3. The maximum Gasteiger partial charge on any atom is 0.407 e. The number of hydrogen-bond acceptors (Lipinski definition) is 12. The van der Waals surface area contributed by atoms with E-state index in [1.807, 2.05) is 24.3 Å². The van der Waals surface area contributed by atoms with Crippen LogP contribution in [0.25, 0.3) is 11.1 Å². The average molecular weight is 1050 g/mol. The van der Waals surface area contributed by atoms with E-state index in [-0.39, 0.29) is 50.5 Å². The second-order valence-corrected chi connectivity index (χ2v) is 22.1. The molecule has 0 spiro atoms. The van der Waals surface area contributed by atoms with Gasteiger partial charge in [-0.25, -0.2) is 4.79 Å². The third-order valence-electron chi connectivity index (χ3n) is 12.8. The van der Waals surface area contributed by atoms with Crippen LogP contribution in [-0.4, -0.2) is 128 Å². The summed E-state index contributed by atoms with van der Waals surface area (Å²) >= 11 is 1.58. The van der Waals surface area contributed by atoms with Crippen molar-refractivity contribution >= 4 is 31.4 Å². The molecule has 1 aliphatic carbocycles. The van der Waals surface area contributed by atoms with Crippen LogP contribution in [0.5, 0.6) is 0 Å². The predicted molar refractivity (Wildman–Crippen MR) is 295 cm³/mol. The quantitative estimate of drug-likeness (QED) is 0.0480. The Kier molecular flexibility index (Phi) is 37.8. The van der Waals surface area contributed by atoms with Gasteiger partial charge in [0.05, 0.1) is 71.7 Å². The van der Waals surface area contributed by atoms with Crippen LogP contribution < -0.4 is 10.6 Å². The van der Waals surface area contributed by atoms with Gasteiger partial charge in [-0.05, 0) is 48.9 Å². The summed E-state index contributed by atoms with van der Waals surface area (Å²) in [6.07, 6.45) is 24.9. The molecule has 412 valence electrons. The number of ether oxygens (including phenoxy) is 6. The van der Waals surface area contributed by atoms with Crippen molar-refractivity contribution in [2.24, 2.45) is 0 Å². The molecule has 0 aliphatic heterocycles. The first-order valence-corrected chi connectivity index (χ1v) is 31.0. The van der Waals surface area contributed by atoms with Gasteiger partial charge in [0.15, 0.2) is 0 Å². The van der Waals surface area contributed by atoms with Gasteiger partial charge < -0.3 is 48.1 Å². The number of carbonyl (C=O) groups excluding carboxylic acids is 2. The smallest absolute Gasteiger partial charge is 0.407 e. The Bertz CT molecular complexity index is 1650. The lowest BCUT2D eigenvalue weighted by molar-refractivity contribution is -0.122. The van der Waals surface area contributed by atoms with Crippen LogP contribution in [0, 0.1) is 0 Å². The van der Waals surface area contributed by atoms with Gasteiger partial charge in [0, 0.05) is 37.2 Å². The van der Waals surface area contributed by atoms with Gasteiger partial charge in [0.1, 0.15) is 12.6 Å². The SMILES string of the molecule is CCCCCCCCCCCCOCC(CSC[C@H](NC(=O)OCC1c2ccccc2-c2ccccc21)C(=O)NCCOCCOCCOCCP(=O)(OCC)OCC)OCCCCCCCCCCCC. The summed E-state index contributed by atoms with van der Waals surface area (Å²) in [7, 11) is -3.13. The van der Waals surface area contributed by atoms with Crippen LogP contribution in [0.2, 0.25) is 0 Å². The van der Waals surface area contributed by atoms with E-state index >= 15 is 0 Å². The van der Waals surface area contributed by atoms with Crippen molar-refractivity contribution in [3.05, 3.63) is 59.7 Å². The lowest BCUT2D eigenvalue weighted by atomic mass is 9.98. The first kappa shape index (κ1) is 63.8. The van der Waals surface area contributed by atoms with Gasteiger partial charge in [-0.3, -0.25) is 9.36 Å². The zero-order chi connectivity index (χ0) is 51.6. The monoisotopic (exact) mass is 1050 g/mol. The maximum absolute atomic E-state index is 13.7. The molecule has 2 aromatic rings. The molecule has 72 heavy (non-hydrogen) atoms. The third kappa shape index (κ3) is 29.0. The average Bonchev–Trinajstić information content (AvgIpc) is 3.70. The molecule has 0 radical (unpaired) electrons. The minimum atomic E-state index is -3.13. The van der Waals surface area contributed by atoms with Crippen LogP contribution in [0.1, 0.15) is 173 Å². The van der Waals surface area contributed by atoms with E-state index < -0.39 is 19.7 Å². The fourth-order valence-electron chi connectivity index (χ4n) is 8.82. The largest absolute Gasteiger partial charge is 0.449 e. The van der Waals surface area contributed by atoms with Gasteiger partial charge in [0.25, 0.3) is 0 Å². The molecule has 1 aliphatic rings. The molecule has 1 unspecified atom stereocenters. The number of nitrogens with one attached hydrogen (secondary N) is 2. The van der Waals surface area contributed by atoms with Crippen molar-refractivity contribution in [3.8, 4) is 11.1 Å². The summed E-state index contributed by atoms with van der Waals surface area (Å²) in [6, 6.07) is 15.6. The molecule has 0 heterocycles. The molecule has 0 aromatic heterocycles. The van der Waals surface area contributed by atoms with Crippen molar-refractivity contribution in [3.63, 3.8) is 0 Å². The first-order chi connectivity index (χ1) is 35.4. The van der Waals surface area contributed by atoms with Crippen molar-refractivity contribution in [1.82, 2.24) is 10.6 Å². The lowest BCUT2D eigenvalue weighted by Crippen LogP contribution is -2.49. The number of rotatable bonds is 49. The van der Waals surface area contributed by atoms with E-state index in [1.165, 1.54) is 109 Å². The fraction of sp³-hybridized carbons (Fsp3) is 0.754. The van der Waals surface area contributed by atoms with Crippen LogP contribution in [0.3, 0.4) is 0 Å². The van der Waals surface area contributed by atoms with E-state index in [4.69, 9.17) is 37.5 Å². The Morgan fingerprint density at radius 1 is 0.569 bits per heavy atom. The summed E-state index contributed by atoms with van der Waals surface area (Å²) in [4.78, 5) is 27.3. The lowest BCUT2D eigenvalue weighted by Gasteiger charge is -2.22. The molecule has 15 heteroatoms. The molecule has 2 atom stereocenters. The maximum atomic E-state index is 13.7. The highest BCUT2D eigenvalue weighted by molar-refractivity contribution is 7.99. The van der Waals surface area contributed by atoms with Gasteiger partial charge >= 0.3 is 13.7 Å². The topological polar surface area (TPSA) is 149 Å². The summed E-state index contributed by atoms with van der Waals surface area (Å²) in [5, 5.41) is 5.84. The summed E-state index contributed by atoms with van der Waals surface area (Å²) in [5.74, 6) is 0.546. The number of unbranched alkanes of at least 4 members (excludes halogenated alkanes) is 18. The predicted octanol–water partition coefficient (Wildman–Crippen LogP) is 13.3. The number of amides is 2. The van der Waals surface area contributed by atoms with E-state index in [0.29, 0.717) is 71.0 Å². The Morgan fingerprint density at radius 2 is 1.06 bits per heavy atom. The number of hydrogen-bond donors (Lipinski definition) is 2. The molecule has 2 amide bonds. The zero-order valence-electron chi connectivity index (χ0n) is 45.2. The number of carbonyl (C=O) groups is 2. The third-order valence-corrected chi connectivity index (χ3v) is 16.0. The first-order valence-electron chi connectivity index (χ1n) is 28.1. The van der Waals surface area contributed by atoms with Gasteiger partial charge in [-0.2, -0.15) is 11.8 Å². The van der Waals surface area contributed by atoms with Crippen LogP contribution in [-0.2, 0) is 46.8 Å². The highest BCUT2D eigenvalue weighted by Crippen LogP contribution is 2.47.